The number of nitrogens with one attached hydrogen (secondary N) is 2. The summed E-state index contributed by atoms with van der Waals surface area (Å²) in [6.07, 6.45) is 5.75. The van der Waals surface area contributed by atoms with E-state index in [0.29, 0.717) is 33.7 Å². The molecule has 1 aliphatic heterocycles. The summed E-state index contributed by atoms with van der Waals surface area (Å²) in [5.74, 6) is 1.41. The number of nitrogen functional groups attached to an aromatic ring is 1. The molecule has 1 amide bonds. The van der Waals surface area contributed by atoms with Crippen molar-refractivity contribution in [1.29, 1.82) is 0 Å². The Morgan fingerprint density at radius 2 is 2.19 bits per heavy atom. The maximum absolute atomic E-state index is 13.0. The smallest absolute Gasteiger partial charge is 0.255 e. The number of benzene rings is 1. The molecule has 1 aromatic carbocycles. The van der Waals surface area contributed by atoms with Gasteiger partial charge in [0.15, 0.2) is 0 Å². The van der Waals surface area contributed by atoms with Crippen molar-refractivity contribution >= 4 is 22.4 Å². The first-order chi connectivity index (χ1) is 12.5. The minimum atomic E-state index is -1.23. The number of ether oxygens (including phenoxy) is 1. The first-order valence-electron chi connectivity index (χ1n) is 9.43. The molecule has 0 radical (unpaired) electrons. The SMILES string of the molecule is CCS(=O)c1cc(C(=O)NC(CC2CC2)C2CCCN2)c(OC)cc1N. The van der Waals surface area contributed by atoms with E-state index in [-0.39, 0.29) is 11.9 Å². The number of carbonyl (C=O) groups is 1. The van der Waals surface area contributed by atoms with Crippen LogP contribution in [0.4, 0.5) is 5.69 Å². The van der Waals surface area contributed by atoms with Gasteiger partial charge in [0.2, 0.25) is 0 Å². The summed E-state index contributed by atoms with van der Waals surface area (Å²) in [6, 6.07) is 3.66. The number of amides is 1. The van der Waals surface area contributed by atoms with Crippen LogP contribution in [0.2, 0.25) is 0 Å². The van der Waals surface area contributed by atoms with Crippen LogP contribution in [0.25, 0.3) is 0 Å². The molecular formula is C19H29N3O3S. The lowest BCUT2D eigenvalue weighted by molar-refractivity contribution is 0.0921. The van der Waals surface area contributed by atoms with Gasteiger partial charge in [0.25, 0.3) is 5.91 Å². The fraction of sp³-hybridized carbons (Fsp3) is 0.632. The van der Waals surface area contributed by atoms with Gasteiger partial charge in [-0.2, -0.15) is 0 Å². The zero-order valence-corrected chi connectivity index (χ0v) is 16.4. The van der Waals surface area contributed by atoms with Crippen molar-refractivity contribution in [3.05, 3.63) is 17.7 Å². The zero-order valence-electron chi connectivity index (χ0n) is 15.5. The third-order valence-electron chi connectivity index (χ3n) is 5.27. The number of hydrogen-bond donors (Lipinski definition) is 3. The monoisotopic (exact) mass is 379 g/mol. The summed E-state index contributed by atoms with van der Waals surface area (Å²) in [5, 5.41) is 6.71. The second-order valence-electron chi connectivity index (χ2n) is 7.19. The Bertz CT molecular complexity index is 685. The van der Waals surface area contributed by atoms with Crippen LogP contribution < -0.4 is 21.1 Å². The minimum absolute atomic E-state index is 0.111. The molecule has 0 aromatic heterocycles. The van der Waals surface area contributed by atoms with E-state index in [1.54, 1.807) is 12.1 Å². The van der Waals surface area contributed by atoms with E-state index in [9.17, 15) is 9.00 Å². The summed E-state index contributed by atoms with van der Waals surface area (Å²) < 4.78 is 17.6. The molecule has 3 rings (SSSR count). The molecule has 144 valence electrons. The van der Waals surface area contributed by atoms with E-state index >= 15 is 0 Å². The number of rotatable bonds is 8. The Morgan fingerprint density at radius 1 is 1.42 bits per heavy atom. The Balaban J connectivity index is 1.83. The molecule has 26 heavy (non-hydrogen) atoms. The molecule has 4 N–H and O–H groups in total. The van der Waals surface area contributed by atoms with Gasteiger partial charge < -0.3 is 21.1 Å². The lowest BCUT2D eigenvalue weighted by Crippen LogP contribution is -2.47. The highest BCUT2D eigenvalue weighted by Gasteiger charge is 2.33. The molecule has 1 saturated carbocycles. The molecule has 1 aromatic rings. The van der Waals surface area contributed by atoms with Crippen LogP contribution in [-0.4, -0.2) is 41.6 Å². The van der Waals surface area contributed by atoms with Crippen LogP contribution in [0.15, 0.2) is 17.0 Å². The highest BCUT2D eigenvalue weighted by molar-refractivity contribution is 7.85. The molecule has 6 nitrogen and oxygen atoms in total. The molecule has 0 spiro atoms. The van der Waals surface area contributed by atoms with Crippen molar-refractivity contribution in [3.8, 4) is 5.75 Å². The molecule has 1 saturated heterocycles. The van der Waals surface area contributed by atoms with Gasteiger partial charge in [-0.15, -0.1) is 0 Å². The Labute approximate surface area is 157 Å². The van der Waals surface area contributed by atoms with Crippen molar-refractivity contribution in [2.45, 2.75) is 56.0 Å². The van der Waals surface area contributed by atoms with Crippen LogP contribution in [0.1, 0.15) is 49.4 Å². The predicted molar refractivity (Wildman–Crippen MR) is 104 cm³/mol. The van der Waals surface area contributed by atoms with Crippen LogP contribution >= 0.6 is 0 Å². The first kappa shape index (κ1) is 19.2. The largest absolute Gasteiger partial charge is 0.496 e. The number of carbonyl (C=O) groups excluding carboxylic acids is 1. The van der Waals surface area contributed by atoms with Crippen molar-refractivity contribution in [3.63, 3.8) is 0 Å². The van der Waals surface area contributed by atoms with Gasteiger partial charge in [-0.25, -0.2) is 0 Å². The normalized spacial score (nSPS) is 22.0. The standard InChI is InChI=1S/C19H29N3O3S/c1-3-26(24)18-10-13(17(25-2)11-14(18)20)19(23)22-16(9-12-6-7-12)15-5-4-8-21-15/h10-12,15-16,21H,3-9,20H2,1-2H3,(H,22,23). The number of hydrogen-bond acceptors (Lipinski definition) is 5. The minimum Gasteiger partial charge on any atom is -0.496 e. The van der Waals surface area contributed by atoms with Crippen molar-refractivity contribution in [2.75, 3.05) is 25.1 Å². The average Bonchev–Trinajstić information content (AvgIpc) is 3.29. The third kappa shape index (κ3) is 4.38. The summed E-state index contributed by atoms with van der Waals surface area (Å²) in [4.78, 5) is 13.5. The molecular weight excluding hydrogens is 350 g/mol. The van der Waals surface area contributed by atoms with Gasteiger partial charge in [-0.3, -0.25) is 9.00 Å². The molecule has 3 unspecified atom stereocenters. The van der Waals surface area contributed by atoms with E-state index in [2.05, 4.69) is 10.6 Å². The second-order valence-corrected chi connectivity index (χ2v) is 8.89. The molecule has 1 aliphatic carbocycles. The van der Waals surface area contributed by atoms with E-state index < -0.39 is 10.8 Å². The summed E-state index contributed by atoms with van der Waals surface area (Å²) in [6.45, 7) is 2.84. The fourth-order valence-electron chi connectivity index (χ4n) is 3.61. The van der Waals surface area contributed by atoms with E-state index in [1.807, 2.05) is 6.92 Å². The van der Waals surface area contributed by atoms with Gasteiger partial charge in [0.1, 0.15) is 5.75 Å². The predicted octanol–water partition coefficient (Wildman–Crippen LogP) is 2.06. The Hall–Kier alpha value is -1.60. The first-order valence-corrected chi connectivity index (χ1v) is 10.8. The van der Waals surface area contributed by atoms with Crippen LogP contribution in [-0.2, 0) is 10.8 Å². The highest BCUT2D eigenvalue weighted by Crippen LogP contribution is 2.35. The summed E-state index contributed by atoms with van der Waals surface area (Å²) in [5.41, 5.74) is 6.80. The van der Waals surface area contributed by atoms with Crippen molar-refractivity contribution in [2.24, 2.45) is 5.92 Å². The molecule has 3 atom stereocenters. The van der Waals surface area contributed by atoms with Crippen LogP contribution in [0.3, 0.4) is 0 Å². The van der Waals surface area contributed by atoms with Crippen LogP contribution in [0, 0.1) is 5.92 Å². The second kappa shape index (κ2) is 8.39. The molecule has 2 fully saturated rings. The molecule has 1 heterocycles. The van der Waals surface area contributed by atoms with Gasteiger partial charge >= 0.3 is 0 Å². The maximum Gasteiger partial charge on any atom is 0.255 e. The Kier molecular flexibility index (Phi) is 6.19. The number of nitrogens with two attached hydrogens (primary N) is 1. The fourth-order valence-corrected chi connectivity index (χ4v) is 4.49. The molecule has 2 aliphatic rings. The third-order valence-corrected chi connectivity index (χ3v) is 6.64. The summed E-state index contributed by atoms with van der Waals surface area (Å²) >= 11 is 0. The van der Waals surface area contributed by atoms with E-state index in [1.165, 1.54) is 20.0 Å². The van der Waals surface area contributed by atoms with Crippen molar-refractivity contribution < 1.29 is 13.7 Å². The quantitative estimate of drug-likeness (QED) is 0.601. The average molecular weight is 380 g/mol. The van der Waals surface area contributed by atoms with Gasteiger partial charge in [-0.1, -0.05) is 19.8 Å². The van der Waals surface area contributed by atoms with Gasteiger partial charge in [0.05, 0.1) is 34.1 Å². The molecule has 0 bridgehead atoms. The maximum atomic E-state index is 13.0. The molecule has 7 heteroatoms. The lowest BCUT2D eigenvalue weighted by Gasteiger charge is -2.25. The zero-order chi connectivity index (χ0) is 18.7. The van der Waals surface area contributed by atoms with Gasteiger partial charge in [0, 0.05) is 23.9 Å². The van der Waals surface area contributed by atoms with Crippen molar-refractivity contribution in [1.82, 2.24) is 10.6 Å². The van der Waals surface area contributed by atoms with E-state index in [0.717, 1.165) is 31.7 Å². The number of anilines is 1. The Morgan fingerprint density at radius 3 is 2.77 bits per heavy atom. The van der Waals surface area contributed by atoms with E-state index in [4.69, 9.17) is 10.5 Å². The highest BCUT2D eigenvalue weighted by atomic mass is 32.2. The van der Waals surface area contributed by atoms with Crippen LogP contribution in [0.5, 0.6) is 5.75 Å². The topological polar surface area (TPSA) is 93.5 Å². The summed E-state index contributed by atoms with van der Waals surface area (Å²) in [7, 11) is 0.290. The lowest BCUT2D eigenvalue weighted by atomic mass is 9.99. The van der Waals surface area contributed by atoms with Gasteiger partial charge in [-0.05, 0) is 37.8 Å². The number of methoxy groups -OCH3 is 1.